The molecule has 5 aliphatic heterocycles. The Morgan fingerprint density at radius 3 is 2.33 bits per heavy atom. The first-order chi connectivity index (χ1) is 34.8. The first-order valence-corrected chi connectivity index (χ1v) is 24.6. The van der Waals surface area contributed by atoms with Gasteiger partial charge in [0.15, 0.2) is 0 Å². The van der Waals surface area contributed by atoms with Crippen LogP contribution in [0.15, 0.2) is 79.6 Å². The normalized spacial score (nSPS) is 25.7. The second kappa shape index (κ2) is 17.6. The van der Waals surface area contributed by atoms with Gasteiger partial charge in [-0.2, -0.15) is 15.5 Å². The molecule has 4 saturated heterocycles. The molecule has 5 fully saturated rings. The highest BCUT2D eigenvalue weighted by molar-refractivity contribution is 6.23. The second-order valence-corrected chi connectivity index (χ2v) is 20.3. The molecule has 72 heavy (non-hydrogen) atoms. The number of halogens is 1. The number of imide groups is 2. The minimum absolute atomic E-state index is 0.0103. The number of aromatic nitrogens is 6. The number of nitrogens with one attached hydrogen (secondary N) is 1. The number of likely N-dealkylation sites (tertiary alicyclic amines) is 1. The first-order valence-electron chi connectivity index (χ1n) is 24.6. The van der Waals surface area contributed by atoms with Crippen LogP contribution in [0.5, 0.6) is 5.88 Å². The molecule has 0 spiro atoms. The molecule has 0 bridgehead atoms. The SMILES string of the molecule is COc1ccc(CN2C[C@@](C)(N)[C@H]3[C@@H]2CN3c2ccc(-c3cc(-c4cnn(C5CCC(N6CCN(c7cc8c(cc7F)C(=O)N([C@@H]7CCC(=O)NC7=O)C8=O)CC6)CC5)c4)cn4ncc(C#N)c34)cn2)cn1. The second-order valence-electron chi connectivity index (χ2n) is 20.3. The van der Waals surface area contributed by atoms with Crippen molar-refractivity contribution in [1.82, 2.24) is 49.4 Å². The van der Waals surface area contributed by atoms with Crippen molar-refractivity contribution < 1.29 is 28.3 Å². The van der Waals surface area contributed by atoms with Crippen molar-refractivity contribution in [2.75, 3.05) is 56.2 Å². The summed E-state index contributed by atoms with van der Waals surface area (Å²) in [5.74, 6) is -1.68. The van der Waals surface area contributed by atoms with E-state index in [2.05, 4.69) is 66.1 Å². The van der Waals surface area contributed by atoms with Gasteiger partial charge >= 0.3 is 0 Å². The lowest BCUT2D eigenvalue weighted by molar-refractivity contribution is -0.136. The largest absolute Gasteiger partial charge is 0.481 e. The van der Waals surface area contributed by atoms with E-state index in [0.29, 0.717) is 49.2 Å². The highest BCUT2D eigenvalue weighted by Crippen LogP contribution is 2.42. The third-order valence-electron chi connectivity index (χ3n) is 15.9. The quantitative estimate of drug-likeness (QED) is 0.184. The molecule has 4 atom stereocenters. The van der Waals surface area contributed by atoms with E-state index in [1.165, 1.54) is 6.07 Å². The first kappa shape index (κ1) is 45.5. The lowest BCUT2D eigenvalue weighted by Crippen LogP contribution is -2.69. The molecule has 12 rings (SSSR count). The molecule has 5 aromatic heterocycles. The fourth-order valence-corrected chi connectivity index (χ4v) is 12.2. The highest BCUT2D eigenvalue weighted by Gasteiger charge is 2.57. The third-order valence-corrected chi connectivity index (χ3v) is 15.9. The number of methoxy groups -OCH3 is 1. The molecule has 1 aromatic carbocycles. The minimum Gasteiger partial charge on any atom is -0.481 e. The smallest absolute Gasteiger partial charge is 0.262 e. The summed E-state index contributed by atoms with van der Waals surface area (Å²) in [6.45, 7) is 6.96. The van der Waals surface area contributed by atoms with E-state index < -0.39 is 41.0 Å². The zero-order chi connectivity index (χ0) is 49.6. The van der Waals surface area contributed by atoms with Crippen LogP contribution in [0.1, 0.15) is 83.3 Å². The summed E-state index contributed by atoms with van der Waals surface area (Å²) in [4.78, 5) is 70.2. The molecule has 0 unspecified atom stereocenters. The predicted octanol–water partition coefficient (Wildman–Crippen LogP) is 4.17. The molecule has 368 valence electrons. The van der Waals surface area contributed by atoms with E-state index in [4.69, 9.17) is 20.6 Å². The zero-order valence-electron chi connectivity index (χ0n) is 39.9. The van der Waals surface area contributed by atoms with Crippen LogP contribution >= 0.6 is 0 Å². The number of hydrogen-bond donors (Lipinski definition) is 2. The molecule has 0 radical (unpaired) electrons. The van der Waals surface area contributed by atoms with E-state index in [0.717, 1.165) is 89.9 Å². The van der Waals surface area contributed by atoms with E-state index >= 15 is 4.39 Å². The summed E-state index contributed by atoms with van der Waals surface area (Å²) in [7, 11) is 1.61. The van der Waals surface area contributed by atoms with E-state index in [1.54, 1.807) is 17.8 Å². The monoisotopic (exact) mass is 972 g/mol. The van der Waals surface area contributed by atoms with Gasteiger partial charge in [0, 0.05) is 123 Å². The Labute approximate surface area is 413 Å². The Bertz CT molecular complexity index is 3200. The molecular weight excluding hydrogens is 920 g/mol. The number of carbonyl (C=O) groups excluding carboxylic acids is 4. The average molecular weight is 973 g/mol. The maximum Gasteiger partial charge on any atom is 0.262 e. The van der Waals surface area contributed by atoms with E-state index in [1.807, 2.05) is 47.9 Å². The molecule has 20 heteroatoms. The van der Waals surface area contributed by atoms with Gasteiger partial charge in [0.2, 0.25) is 17.7 Å². The average Bonchev–Trinajstić information content (AvgIpc) is 4.13. The molecule has 6 aromatic rings. The van der Waals surface area contributed by atoms with E-state index in [9.17, 15) is 24.4 Å². The van der Waals surface area contributed by atoms with Crippen LogP contribution in [0.25, 0.3) is 27.8 Å². The molecule has 10 heterocycles. The summed E-state index contributed by atoms with van der Waals surface area (Å²) in [6.07, 6.45) is 15.1. The lowest BCUT2D eigenvalue weighted by Gasteiger charge is -2.51. The van der Waals surface area contributed by atoms with Gasteiger partial charge in [-0.25, -0.2) is 18.9 Å². The van der Waals surface area contributed by atoms with Crippen molar-refractivity contribution in [3.8, 4) is 34.2 Å². The zero-order valence-corrected chi connectivity index (χ0v) is 39.9. The number of fused-ring (bicyclic) bond motifs is 3. The molecule has 6 aliphatic rings. The highest BCUT2D eigenvalue weighted by atomic mass is 19.1. The molecular formula is C52H53FN14O5. The number of rotatable bonds is 10. The molecule has 1 saturated carbocycles. The predicted molar refractivity (Wildman–Crippen MR) is 261 cm³/mol. The van der Waals surface area contributed by atoms with Crippen LogP contribution in [0.3, 0.4) is 0 Å². The number of hydrogen-bond acceptors (Lipinski definition) is 15. The Balaban J connectivity index is 0.688. The minimum atomic E-state index is -1.11. The number of pyridine rings is 3. The van der Waals surface area contributed by atoms with Crippen molar-refractivity contribution in [2.24, 2.45) is 5.73 Å². The summed E-state index contributed by atoms with van der Waals surface area (Å²) in [5, 5.41) is 21.7. The number of carbonyl (C=O) groups is 4. The standard InChI is InChI=1S/C52H53FN14O5/c1-52(55)29-63(25-30-3-12-46(72-2)57-21-30)43-28-64(48(43)52)44-10-4-31(22-56-44)37-17-32(26-66-47(37)33(20-54)23-59-66)34-24-58-65(27-34)36-7-5-35(6-8-36)61-13-15-62(16-14-61)42-19-39-38(18-40(42)53)50(70)67(51(39)71)41-9-11-45(68)60-49(41)69/h3-4,10,12,17-19,21-24,26-27,35-36,41,43,48H,5-9,11,13-16,25,28-29,55H2,1-2H3,(H,60,68,69)/t35?,36?,41-,43+,48-,52-/m1/s1. The van der Waals surface area contributed by atoms with Gasteiger partial charge in [-0.05, 0) is 74.9 Å². The number of nitrogens with zero attached hydrogens (tertiary/aromatic N) is 12. The van der Waals surface area contributed by atoms with Gasteiger partial charge in [-0.3, -0.25) is 43.9 Å². The Morgan fingerprint density at radius 1 is 0.847 bits per heavy atom. The van der Waals surface area contributed by atoms with Crippen molar-refractivity contribution >= 4 is 40.7 Å². The topological polar surface area (TPSA) is 216 Å². The van der Waals surface area contributed by atoms with Gasteiger partial charge in [-0.15, -0.1) is 0 Å². The fourth-order valence-electron chi connectivity index (χ4n) is 12.2. The van der Waals surface area contributed by atoms with Gasteiger partial charge in [0.1, 0.15) is 23.7 Å². The van der Waals surface area contributed by atoms with Crippen LogP contribution in [-0.2, 0) is 16.1 Å². The van der Waals surface area contributed by atoms with Gasteiger partial charge < -0.3 is 20.3 Å². The number of benzene rings is 1. The number of piperidine rings is 1. The Kier molecular flexibility index (Phi) is 11.1. The molecule has 3 N–H and O–H groups in total. The van der Waals surface area contributed by atoms with E-state index in [-0.39, 0.29) is 47.8 Å². The van der Waals surface area contributed by atoms with Crippen molar-refractivity contribution in [2.45, 2.75) is 87.7 Å². The summed E-state index contributed by atoms with van der Waals surface area (Å²) >= 11 is 0. The number of anilines is 2. The van der Waals surface area contributed by atoms with Crippen LogP contribution < -0.4 is 25.6 Å². The van der Waals surface area contributed by atoms with Crippen LogP contribution in [-0.4, -0.2) is 144 Å². The third kappa shape index (κ3) is 7.73. The molecule has 1 aliphatic carbocycles. The number of nitriles is 1. The summed E-state index contributed by atoms with van der Waals surface area (Å²) < 4.78 is 24.7. The van der Waals surface area contributed by atoms with Gasteiger partial charge in [-0.1, -0.05) is 6.07 Å². The van der Waals surface area contributed by atoms with Crippen LogP contribution in [0.4, 0.5) is 15.9 Å². The number of ether oxygens (including phenoxy) is 1. The molecule has 19 nitrogen and oxygen atoms in total. The number of piperazine rings is 1. The van der Waals surface area contributed by atoms with Gasteiger partial charge in [0.05, 0.1) is 59.5 Å². The molecule has 4 amide bonds. The maximum atomic E-state index is 15.6. The fraction of sp³-hybridized carbons (Fsp3) is 0.404. The number of nitrogens with two attached hydrogens (primary N) is 1. The Morgan fingerprint density at radius 2 is 1.62 bits per heavy atom. The Hall–Kier alpha value is -7.60. The lowest BCUT2D eigenvalue weighted by atomic mass is 9.85. The van der Waals surface area contributed by atoms with Gasteiger partial charge in [0.25, 0.3) is 11.8 Å². The number of amides is 4. The van der Waals surface area contributed by atoms with Crippen molar-refractivity contribution in [3.05, 3.63) is 108 Å². The summed E-state index contributed by atoms with van der Waals surface area (Å²) in [5.41, 5.74) is 12.6. The van der Waals surface area contributed by atoms with Crippen molar-refractivity contribution in [1.29, 1.82) is 5.26 Å². The van der Waals surface area contributed by atoms with Crippen LogP contribution in [0, 0.1) is 17.1 Å². The summed E-state index contributed by atoms with van der Waals surface area (Å²) in [6, 6.07) is 14.8. The van der Waals surface area contributed by atoms with Crippen molar-refractivity contribution in [3.63, 3.8) is 0 Å². The maximum absolute atomic E-state index is 15.6. The van der Waals surface area contributed by atoms with Crippen LogP contribution in [0.2, 0.25) is 0 Å².